The van der Waals surface area contributed by atoms with Crippen molar-refractivity contribution in [1.29, 1.82) is 5.26 Å². The monoisotopic (exact) mass is 270 g/mol. The van der Waals surface area contributed by atoms with Gasteiger partial charge >= 0.3 is 5.97 Å². The van der Waals surface area contributed by atoms with Gasteiger partial charge in [-0.15, -0.1) is 0 Å². The lowest BCUT2D eigenvalue weighted by molar-refractivity contribution is 0.0601. The molecule has 0 radical (unpaired) electrons. The Bertz CT molecular complexity index is 695. The Balaban J connectivity index is 2.28. The fourth-order valence-corrected chi connectivity index (χ4v) is 1.47. The van der Waals surface area contributed by atoms with Gasteiger partial charge in [0.15, 0.2) is 0 Å². The van der Waals surface area contributed by atoms with E-state index in [2.05, 4.69) is 25.0 Å². The van der Waals surface area contributed by atoms with Crippen LogP contribution in [0.1, 0.15) is 16.2 Å². The number of carbonyl (C=O) groups excluding carboxylic acids is 1. The van der Waals surface area contributed by atoms with Crippen LogP contribution in [0.5, 0.6) is 0 Å². The van der Waals surface area contributed by atoms with Gasteiger partial charge in [-0.2, -0.15) is 20.2 Å². The molecule has 0 unspecified atom stereocenters. The second-order valence-electron chi connectivity index (χ2n) is 3.65. The number of benzene rings is 1. The van der Waals surface area contributed by atoms with Gasteiger partial charge in [0.1, 0.15) is 6.07 Å². The molecule has 8 heteroatoms. The van der Waals surface area contributed by atoms with Crippen molar-refractivity contribution in [3.05, 3.63) is 35.7 Å². The zero-order valence-electron chi connectivity index (χ0n) is 10.5. The molecule has 0 atom stereocenters. The van der Waals surface area contributed by atoms with E-state index in [4.69, 9.17) is 11.0 Å². The van der Waals surface area contributed by atoms with Gasteiger partial charge in [0, 0.05) is 5.69 Å². The predicted molar refractivity (Wildman–Crippen MR) is 70.0 cm³/mol. The average Bonchev–Trinajstić information content (AvgIpc) is 2.46. The number of nitrogen functional groups attached to an aromatic ring is 1. The van der Waals surface area contributed by atoms with E-state index in [9.17, 15) is 4.79 Å². The van der Waals surface area contributed by atoms with Crippen molar-refractivity contribution in [2.75, 3.05) is 18.2 Å². The number of ether oxygens (including phenoxy) is 1. The Morgan fingerprint density at radius 3 is 2.90 bits per heavy atom. The number of nitriles is 1. The van der Waals surface area contributed by atoms with E-state index in [1.54, 1.807) is 30.3 Å². The minimum Gasteiger partial charge on any atom is -0.465 e. The van der Waals surface area contributed by atoms with Crippen LogP contribution in [0, 0.1) is 11.3 Å². The number of aromatic nitrogens is 3. The first kappa shape index (κ1) is 13.2. The van der Waals surface area contributed by atoms with E-state index in [0.717, 1.165) is 0 Å². The smallest absolute Gasteiger partial charge is 0.337 e. The lowest BCUT2D eigenvalue weighted by Gasteiger charge is -2.06. The molecule has 0 bridgehead atoms. The highest BCUT2D eigenvalue weighted by Gasteiger charge is 2.08. The van der Waals surface area contributed by atoms with Gasteiger partial charge in [-0.05, 0) is 18.2 Å². The fourth-order valence-electron chi connectivity index (χ4n) is 1.47. The molecule has 1 heterocycles. The van der Waals surface area contributed by atoms with Crippen LogP contribution >= 0.6 is 0 Å². The van der Waals surface area contributed by atoms with Gasteiger partial charge in [-0.25, -0.2) is 4.79 Å². The number of anilines is 3. The predicted octanol–water partition coefficient (Wildman–Crippen LogP) is 0.856. The standard InChI is InChI=1S/C12H10N6O2/c1-20-10(19)7-3-2-4-8(5-7)15-12-17-9(6-13)16-11(14)18-12/h2-5H,1H3,(H3,14,15,16,17,18). The number of nitrogens with one attached hydrogen (secondary N) is 1. The molecule has 0 aliphatic rings. The van der Waals surface area contributed by atoms with Crippen molar-refractivity contribution in [2.45, 2.75) is 0 Å². The highest BCUT2D eigenvalue weighted by Crippen LogP contribution is 2.15. The van der Waals surface area contributed by atoms with Crippen LogP contribution < -0.4 is 11.1 Å². The van der Waals surface area contributed by atoms with E-state index in [0.29, 0.717) is 11.3 Å². The molecule has 100 valence electrons. The maximum Gasteiger partial charge on any atom is 0.337 e. The van der Waals surface area contributed by atoms with E-state index >= 15 is 0 Å². The van der Waals surface area contributed by atoms with Crippen LogP contribution in [0.3, 0.4) is 0 Å². The van der Waals surface area contributed by atoms with Crippen molar-refractivity contribution in [2.24, 2.45) is 0 Å². The Morgan fingerprint density at radius 1 is 1.40 bits per heavy atom. The number of rotatable bonds is 3. The molecule has 0 spiro atoms. The average molecular weight is 270 g/mol. The second kappa shape index (κ2) is 5.62. The van der Waals surface area contributed by atoms with Crippen LogP contribution in [0.15, 0.2) is 24.3 Å². The number of hydrogen-bond acceptors (Lipinski definition) is 8. The van der Waals surface area contributed by atoms with Gasteiger partial charge in [0.2, 0.25) is 17.7 Å². The lowest BCUT2D eigenvalue weighted by atomic mass is 10.2. The van der Waals surface area contributed by atoms with E-state index in [-0.39, 0.29) is 17.7 Å². The summed E-state index contributed by atoms with van der Waals surface area (Å²) in [5.74, 6) is -0.495. The summed E-state index contributed by atoms with van der Waals surface area (Å²) >= 11 is 0. The topological polar surface area (TPSA) is 127 Å². The largest absolute Gasteiger partial charge is 0.465 e. The number of methoxy groups -OCH3 is 1. The molecule has 2 rings (SSSR count). The molecule has 8 nitrogen and oxygen atoms in total. The Hall–Kier alpha value is -3.21. The van der Waals surface area contributed by atoms with Gasteiger partial charge in [-0.3, -0.25) is 0 Å². The van der Waals surface area contributed by atoms with Crippen molar-refractivity contribution in [1.82, 2.24) is 15.0 Å². The third-order valence-electron chi connectivity index (χ3n) is 2.29. The van der Waals surface area contributed by atoms with Crippen LogP contribution in [0.4, 0.5) is 17.6 Å². The van der Waals surface area contributed by atoms with Crippen molar-refractivity contribution >= 4 is 23.6 Å². The summed E-state index contributed by atoms with van der Waals surface area (Å²) in [6.07, 6.45) is 0. The van der Waals surface area contributed by atoms with Crippen molar-refractivity contribution in [3.8, 4) is 6.07 Å². The summed E-state index contributed by atoms with van der Waals surface area (Å²) < 4.78 is 4.63. The summed E-state index contributed by atoms with van der Waals surface area (Å²) in [6, 6.07) is 8.33. The molecule has 0 fully saturated rings. The van der Waals surface area contributed by atoms with E-state index in [1.807, 2.05) is 0 Å². The zero-order chi connectivity index (χ0) is 14.5. The lowest BCUT2D eigenvalue weighted by Crippen LogP contribution is -2.06. The molecule has 0 saturated carbocycles. The molecule has 2 aromatic rings. The number of esters is 1. The van der Waals surface area contributed by atoms with E-state index in [1.165, 1.54) is 7.11 Å². The maximum absolute atomic E-state index is 11.4. The van der Waals surface area contributed by atoms with Gasteiger partial charge in [0.25, 0.3) is 0 Å². The Morgan fingerprint density at radius 2 is 2.20 bits per heavy atom. The number of nitrogens with two attached hydrogens (primary N) is 1. The third-order valence-corrected chi connectivity index (χ3v) is 2.29. The van der Waals surface area contributed by atoms with Crippen LogP contribution in [0.25, 0.3) is 0 Å². The molecule has 0 saturated heterocycles. The summed E-state index contributed by atoms with van der Waals surface area (Å²) in [7, 11) is 1.30. The second-order valence-corrected chi connectivity index (χ2v) is 3.65. The molecule has 3 N–H and O–H groups in total. The summed E-state index contributed by atoms with van der Waals surface area (Å²) in [5.41, 5.74) is 6.39. The SMILES string of the molecule is COC(=O)c1cccc(Nc2nc(N)nc(C#N)n2)c1. The number of nitrogens with zero attached hydrogens (tertiary/aromatic N) is 4. The van der Waals surface area contributed by atoms with Crippen LogP contribution in [0.2, 0.25) is 0 Å². The third kappa shape index (κ3) is 2.97. The van der Waals surface area contributed by atoms with Gasteiger partial charge in [0.05, 0.1) is 12.7 Å². The molecule has 20 heavy (non-hydrogen) atoms. The highest BCUT2D eigenvalue weighted by atomic mass is 16.5. The fraction of sp³-hybridized carbons (Fsp3) is 0.0833. The van der Waals surface area contributed by atoms with Crippen molar-refractivity contribution in [3.63, 3.8) is 0 Å². The van der Waals surface area contributed by atoms with Crippen LogP contribution in [-0.2, 0) is 4.74 Å². The minimum absolute atomic E-state index is 0.0665. The molecule has 1 aromatic heterocycles. The highest BCUT2D eigenvalue weighted by molar-refractivity contribution is 5.90. The molecule has 1 aromatic carbocycles. The first-order valence-corrected chi connectivity index (χ1v) is 5.49. The first-order chi connectivity index (χ1) is 9.62. The molecule has 0 amide bonds. The quantitative estimate of drug-likeness (QED) is 0.786. The Kier molecular flexibility index (Phi) is 3.72. The maximum atomic E-state index is 11.4. The Labute approximate surface area is 114 Å². The summed E-state index contributed by atoms with van der Waals surface area (Å²) in [6.45, 7) is 0. The van der Waals surface area contributed by atoms with Gasteiger partial charge in [-0.1, -0.05) is 6.07 Å². The van der Waals surface area contributed by atoms with Crippen molar-refractivity contribution < 1.29 is 9.53 Å². The van der Waals surface area contributed by atoms with Crippen LogP contribution in [-0.4, -0.2) is 28.0 Å². The normalized spacial score (nSPS) is 9.60. The number of carbonyl (C=O) groups is 1. The zero-order valence-corrected chi connectivity index (χ0v) is 10.5. The number of hydrogen-bond donors (Lipinski definition) is 2. The summed E-state index contributed by atoms with van der Waals surface area (Å²) in [5, 5.41) is 11.6. The van der Waals surface area contributed by atoms with E-state index < -0.39 is 5.97 Å². The molecular weight excluding hydrogens is 260 g/mol. The molecule has 0 aliphatic carbocycles. The van der Waals surface area contributed by atoms with Gasteiger partial charge < -0.3 is 15.8 Å². The minimum atomic E-state index is -0.457. The summed E-state index contributed by atoms with van der Waals surface area (Å²) in [4.78, 5) is 22.8. The molecule has 0 aliphatic heterocycles. The first-order valence-electron chi connectivity index (χ1n) is 5.49. The molecular formula is C12H10N6O2.